The lowest BCUT2D eigenvalue weighted by atomic mass is 10.2. The van der Waals surface area contributed by atoms with Crippen molar-refractivity contribution < 1.29 is 4.73 Å². The molecule has 1 heterocycles. The molecule has 12 heavy (non-hydrogen) atoms. The maximum atomic E-state index is 11.4. The van der Waals surface area contributed by atoms with E-state index in [-0.39, 0.29) is 0 Å². The van der Waals surface area contributed by atoms with Gasteiger partial charge in [0.05, 0.1) is 0 Å². The van der Waals surface area contributed by atoms with Gasteiger partial charge in [-0.15, -0.1) is 0 Å². The highest BCUT2D eigenvalue weighted by molar-refractivity contribution is 7.80. The number of thiol groups is 1. The van der Waals surface area contributed by atoms with Crippen LogP contribution in [-0.2, 0) is 0 Å². The van der Waals surface area contributed by atoms with Gasteiger partial charge in [0.15, 0.2) is 0 Å². The molecule has 0 saturated carbocycles. The van der Waals surface area contributed by atoms with Gasteiger partial charge in [0, 0.05) is 17.5 Å². The lowest BCUT2D eigenvalue weighted by Crippen LogP contribution is -2.28. The van der Waals surface area contributed by atoms with Crippen LogP contribution in [0.25, 0.3) is 10.9 Å². The monoisotopic (exact) mass is 177 g/mol. The first-order valence-corrected chi connectivity index (χ1v) is 4.04. The fourth-order valence-electron chi connectivity index (χ4n) is 1.17. The summed E-state index contributed by atoms with van der Waals surface area (Å²) in [7, 11) is 0. The highest BCUT2D eigenvalue weighted by Gasteiger charge is 2.04. The minimum absolute atomic E-state index is 0.425. The maximum absolute atomic E-state index is 11.4. The quantitative estimate of drug-likeness (QED) is 0.370. The second-order valence-corrected chi connectivity index (χ2v) is 3.00. The number of hydrogen-bond acceptors (Lipinski definition) is 2. The van der Waals surface area contributed by atoms with Gasteiger partial charge in [0.2, 0.25) is 10.5 Å². The largest absolute Gasteiger partial charge is 0.617 e. The molecule has 0 N–H and O–H groups in total. The fraction of sp³-hybridized carbons (Fsp3) is 0. The Morgan fingerprint density at radius 2 is 1.83 bits per heavy atom. The highest BCUT2D eigenvalue weighted by Crippen LogP contribution is 2.11. The summed E-state index contributed by atoms with van der Waals surface area (Å²) >= 11 is 4.02. The Balaban J connectivity index is 2.91. The molecule has 0 unspecified atom stereocenters. The molecule has 2 aromatic rings. The lowest BCUT2D eigenvalue weighted by molar-refractivity contribution is -0.617. The van der Waals surface area contributed by atoms with E-state index in [2.05, 4.69) is 12.6 Å². The Morgan fingerprint density at radius 3 is 2.67 bits per heavy atom. The molecular formula is C9H7NOS. The number of benzene rings is 1. The van der Waals surface area contributed by atoms with Crippen LogP contribution in [0, 0.1) is 5.21 Å². The number of hydrogen-bond donors (Lipinski definition) is 1. The third-order valence-electron chi connectivity index (χ3n) is 1.78. The molecular weight excluding hydrogens is 170 g/mol. The van der Waals surface area contributed by atoms with Gasteiger partial charge in [-0.3, -0.25) is 0 Å². The van der Waals surface area contributed by atoms with Crippen LogP contribution in [0.1, 0.15) is 0 Å². The van der Waals surface area contributed by atoms with Crippen molar-refractivity contribution in [2.45, 2.75) is 5.03 Å². The molecule has 0 fully saturated rings. The first kappa shape index (κ1) is 7.43. The number of rotatable bonds is 0. The molecule has 60 valence electrons. The summed E-state index contributed by atoms with van der Waals surface area (Å²) in [6, 6.07) is 11.0. The molecule has 0 amide bonds. The van der Waals surface area contributed by atoms with Crippen molar-refractivity contribution in [1.29, 1.82) is 0 Å². The maximum Gasteiger partial charge on any atom is 0.248 e. The van der Waals surface area contributed by atoms with Gasteiger partial charge in [0.25, 0.3) is 0 Å². The van der Waals surface area contributed by atoms with Crippen LogP contribution in [-0.4, -0.2) is 0 Å². The van der Waals surface area contributed by atoms with E-state index >= 15 is 0 Å². The van der Waals surface area contributed by atoms with Crippen LogP contribution < -0.4 is 4.73 Å². The highest BCUT2D eigenvalue weighted by atomic mass is 32.1. The zero-order chi connectivity index (χ0) is 8.55. The zero-order valence-corrected chi connectivity index (χ0v) is 7.16. The topological polar surface area (TPSA) is 26.9 Å². The summed E-state index contributed by atoms with van der Waals surface area (Å²) in [5, 5.41) is 12.7. The van der Waals surface area contributed by atoms with Gasteiger partial charge in [-0.05, 0) is 12.1 Å². The first-order valence-electron chi connectivity index (χ1n) is 3.59. The van der Waals surface area contributed by atoms with E-state index in [1.807, 2.05) is 24.3 Å². The number of pyridine rings is 1. The van der Waals surface area contributed by atoms with Crippen molar-refractivity contribution >= 4 is 23.5 Å². The number of para-hydroxylation sites is 1. The summed E-state index contributed by atoms with van der Waals surface area (Å²) in [5.41, 5.74) is 0.657. The Bertz CT molecular complexity index is 428. The Labute approximate surface area is 75.4 Å². The minimum atomic E-state index is 0.425. The lowest BCUT2D eigenvalue weighted by Gasteiger charge is -2.02. The average molecular weight is 177 g/mol. The van der Waals surface area contributed by atoms with Crippen LogP contribution >= 0.6 is 12.6 Å². The van der Waals surface area contributed by atoms with E-state index < -0.39 is 0 Å². The zero-order valence-electron chi connectivity index (χ0n) is 6.27. The Hall–Kier alpha value is -1.22. The van der Waals surface area contributed by atoms with Gasteiger partial charge in [0.1, 0.15) is 0 Å². The van der Waals surface area contributed by atoms with Crippen molar-refractivity contribution in [3.8, 4) is 0 Å². The molecule has 0 spiro atoms. The molecule has 1 aromatic carbocycles. The first-order chi connectivity index (χ1) is 5.79. The van der Waals surface area contributed by atoms with Gasteiger partial charge < -0.3 is 5.21 Å². The fourth-order valence-corrected chi connectivity index (χ4v) is 1.35. The molecule has 0 bridgehead atoms. The smallest absolute Gasteiger partial charge is 0.248 e. The van der Waals surface area contributed by atoms with E-state index in [1.54, 1.807) is 12.1 Å². The molecule has 2 nitrogen and oxygen atoms in total. The predicted molar refractivity (Wildman–Crippen MR) is 50.2 cm³/mol. The Morgan fingerprint density at radius 1 is 1.08 bits per heavy atom. The van der Waals surface area contributed by atoms with Crippen molar-refractivity contribution in [3.05, 3.63) is 41.6 Å². The van der Waals surface area contributed by atoms with E-state index in [0.717, 1.165) is 10.1 Å². The minimum Gasteiger partial charge on any atom is -0.617 e. The second kappa shape index (κ2) is 2.68. The molecule has 0 aliphatic heterocycles. The summed E-state index contributed by atoms with van der Waals surface area (Å²) in [5.74, 6) is 0. The van der Waals surface area contributed by atoms with Gasteiger partial charge in [-0.1, -0.05) is 24.8 Å². The van der Waals surface area contributed by atoms with Crippen LogP contribution in [0.15, 0.2) is 41.4 Å². The standard InChI is InChI=1S/C9H7NOS/c11-10-8-4-2-1-3-7(8)5-6-9(10)12/h1-6,12H. The summed E-state index contributed by atoms with van der Waals surface area (Å²) in [6.45, 7) is 0. The van der Waals surface area contributed by atoms with Crippen LogP contribution in [0.2, 0.25) is 0 Å². The van der Waals surface area contributed by atoms with Crippen molar-refractivity contribution in [1.82, 2.24) is 0 Å². The van der Waals surface area contributed by atoms with E-state index in [0.29, 0.717) is 10.5 Å². The van der Waals surface area contributed by atoms with Crippen molar-refractivity contribution in [3.63, 3.8) is 0 Å². The third kappa shape index (κ3) is 1.02. The van der Waals surface area contributed by atoms with Crippen LogP contribution in [0.5, 0.6) is 0 Å². The molecule has 0 aliphatic carbocycles. The van der Waals surface area contributed by atoms with E-state index in [1.165, 1.54) is 0 Å². The van der Waals surface area contributed by atoms with Crippen molar-refractivity contribution in [2.75, 3.05) is 0 Å². The average Bonchev–Trinajstić information content (AvgIpc) is 2.12. The molecule has 0 aliphatic rings. The second-order valence-electron chi connectivity index (χ2n) is 2.54. The summed E-state index contributed by atoms with van der Waals surface area (Å²) in [6.07, 6.45) is 0. The number of fused-ring (bicyclic) bond motifs is 1. The predicted octanol–water partition coefficient (Wildman–Crippen LogP) is 1.76. The summed E-state index contributed by atoms with van der Waals surface area (Å²) < 4.78 is 0.818. The third-order valence-corrected chi connectivity index (χ3v) is 2.11. The molecule has 0 atom stereocenters. The normalized spacial score (nSPS) is 10.4. The molecule has 0 radical (unpaired) electrons. The number of aromatic nitrogens is 1. The van der Waals surface area contributed by atoms with Gasteiger partial charge >= 0.3 is 0 Å². The molecule has 2 rings (SSSR count). The van der Waals surface area contributed by atoms with E-state index in [4.69, 9.17) is 0 Å². The molecule has 3 heteroatoms. The van der Waals surface area contributed by atoms with Gasteiger partial charge in [-0.2, -0.15) is 4.73 Å². The summed E-state index contributed by atoms with van der Waals surface area (Å²) in [4.78, 5) is 0. The van der Waals surface area contributed by atoms with Gasteiger partial charge in [-0.25, -0.2) is 0 Å². The Kier molecular flexibility index (Phi) is 1.66. The van der Waals surface area contributed by atoms with Crippen LogP contribution in [0.3, 0.4) is 0 Å². The molecule has 0 saturated heterocycles. The number of nitrogens with zero attached hydrogens (tertiary/aromatic N) is 1. The SMILES string of the molecule is [O-][n+]1c(S)ccc2ccccc21. The molecule has 1 aromatic heterocycles. The van der Waals surface area contributed by atoms with E-state index in [9.17, 15) is 5.21 Å². The van der Waals surface area contributed by atoms with Crippen molar-refractivity contribution in [2.24, 2.45) is 0 Å². The van der Waals surface area contributed by atoms with Crippen LogP contribution in [0.4, 0.5) is 0 Å².